The van der Waals surface area contributed by atoms with Crippen LogP contribution < -0.4 is 5.32 Å². The number of amides is 2. The number of anilines is 1. The van der Waals surface area contributed by atoms with Gasteiger partial charge in [-0.25, -0.2) is 9.67 Å². The van der Waals surface area contributed by atoms with Gasteiger partial charge in [-0.15, -0.1) is 0 Å². The highest BCUT2D eigenvalue weighted by Gasteiger charge is 2.25. The highest BCUT2D eigenvalue weighted by Crippen LogP contribution is 2.29. The molecule has 0 radical (unpaired) electrons. The third kappa shape index (κ3) is 4.30. The molecule has 5 rings (SSSR count). The van der Waals surface area contributed by atoms with E-state index in [0.29, 0.717) is 33.5 Å². The Balaban J connectivity index is 1.58. The molecule has 4 aromatic rings. The molecule has 7 heteroatoms. The molecular weight excluding hydrogens is 438 g/mol. The molecular formula is C28H29N5O2. The summed E-state index contributed by atoms with van der Waals surface area (Å²) in [7, 11) is 0. The highest BCUT2D eigenvalue weighted by molar-refractivity contribution is 6.15. The van der Waals surface area contributed by atoms with Crippen LogP contribution >= 0.6 is 0 Å². The van der Waals surface area contributed by atoms with Gasteiger partial charge in [0.05, 0.1) is 34.1 Å². The number of aryl methyl sites for hydroxylation is 1. The van der Waals surface area contributed by atoms with Crippen LogP contribution in [-0.2, 0) is 0 Å². The van der Waals surface area contributed by atoms with E-state index in [-0.39, 0.29) is 17.9 Å². The normalized spacial score (nSPS) is 13.5. The molecule has 7 nitrogen and oxygen atoms in total. The van der Waals surface area contributed by atoms with Crippen molar-refractivity contribution in [2.45, 2.75) is 39.7 Å². The lowest BCUT2D eigenvalue weighted by molar-refractivity contribution is 0.0793. The quantitative estimate of drug-likeness (QED) is 0.422. The molecule has 1 N–H and O–H groups in total. The minimum Gasteiger partial charge on any atom is -0.339 e. The van der Waals surface area contributed by atoms with Crippen LogP contribution in [0.2, 0.25) is 0 Å². The van der Waals surface area contributed by atoms with Crippen molar-refractivity contribution < 1.29 is 9.59 Å². The van der Waals surface area contributed by atoms with Gasteiger partial charge >= 0.3 is 0 Å². The Hall–Kier alpha value is -4.00. The Morgan fingerprint density at radius 1 is 1.00 bits per heavy atom. The summed E-state index contributed by atoms with van der Waals surface area (Å²) in [4.78, 5) is 33.7. The first-order chi connectivity index (χ1) is 16.9. The summed E-state index contributed by atoms with van der Waals surface area (Å²) in [5, 5.41) is 8.21. The van der Waals surface area contributed by atoms with Gasteiger partial charge in [0.1, 0.15) is 0 Å². The van der Waals surface area contributed by atoms with Crippen molar-refractivity contribution in [3.8, 4) is 11.3 Å². The van der Waals surface area contributed by atoms with E-state index in [2.05, 4.69) is 10.4 Å². The Kier molecular flexibility index (Phi) is 6.07. The Morgan fingerprint density at radius 3 is 2.46 bits per heavy atom. The molecule has 0 aliphatic carbocycles. The van der Waals surface area contributed by atoms with Crippen molar-refractivity contribution in [1.82, 2.24) is 19.7 Å². The minimum absolute atomic E-state index is 0.0339. The van der Waals surface area contributed by atoms with E-state index in [1.165, 1.54) is 0 Å². The van der Waals surface area contributed by atoms with Crippen LogP contribution in [-0.4, -0.2) is 44.6 Å². The first-order valence-electron chi connectivity index (χ1n) is 12.1. The molecule has 35 heavy (non-hydrogen) atoms. The van der Waals surface area contributed by atoms with Crippen molar-refractivity contribution >= 4 is 28.5 Å². The van der Waals surface area contributed by atoms with E-state index in [4.69, 9.17) is 4.98 Å². The summed E-state index contributed by atoms with van der Waals surface area (Å²) < 4.78 is 1.83. The Labute approximate surface area is 204 Å². The van der Waals surface area contributed by atoms with E-state index < -0.39 is 0 Å². The number of aromatic nitrogens is 3. The van der Waals surface area contributed by atoms with E-state index >= 15 is 0 Å². The Bertz CT molecular complexity index is 1400. The van der Waals surface area contributed by atoms with Gasteiger partial charge in [0, 0.05) is 24.7 Å². The van der Waals surface area contributed by atoms with Crippen LogP contribution in [0, 0.1) is 6.92 Å². The molecule has 2 aromatic carbocycles. The number of fused-ring (bicyclic) bond motifs is 1. The standard InChI is InChI=1S/C28H29N5O2/c1-18(2)33-26-22(17-29-33)21(16-24(30-26)20-11-5-4-6-12-20)27(34)31-23-13-9-10-19(3)25(23)28(35)32-14-7-8-15-32/h4-6,9-13,16-18H,7-8,14-15H2,1-3H3,(H,31,34). The van der Waals surface area contributed by atoms with Gasteiger partial charge in [0.2, 0.25) is 0 Å². The van der Waals surface area contributed by atoms with Gasteiger partial charge in [0.25, 0.3) is 11.8 Å². The molecule has 0 saturated carbocycles. The second-order valence-electron chi connectivity index (χ2n) is 9.29. The fourth-order valence-corrected chi connectivity index (χ4v) is 4.66. The molecule has 2 aromatic heterocycles. The lowest BCUT2D eigenvalue weighted by Crippen LogP contribution is -2.29. The number of likely N-dealkylation sites (tertiary alicyclic amines) is 1. The van der Waals surface area contributed by atoms with Crippen molar-refractivity contribution in [2.24, 2.45) is 0 Å². The second-order valence-corrected chi connectivity index (χ2v) is 9.29. The smallest absolute Gasteiger partial charge is 0.256 e. The Morgan fingerprint density at radius 2 is 1.74 bits per heavy atom. The number of carbonyl (C=O) groups is 2. The molecule has 0 atom stereocenters. The van der Waals surface area contributed by atoms with Crippen LogP contribution in [0.5, 0.6) is 0 Å². The molecule has 3 heterocycles. The van der Waals surface area contributed by atoms with Gasteiger partial charge in [-0.1, -0.05) is 42.5 Å². The highest BCUT2D eigenvalue weighted by atomic mass is 16.2. The summed E-state index contributed by atoms with van der Waals surface area (Å²) in [6, 6.07) is 17.2. The molecule has 178 valence electrons. The van der Waals surface area contributed by atoms with Crippen LogP contribution in [0.1, 0.15) is 59.0 Å². The summed E-state index contributed by atoms with van der Waals surface area (Å²) in [5.41, 5.74) is 4.66. The fraction of sp³-hybridized carbons (Fsp3) is 0.286. The van der Waals surface area contributed by atoms with Gasteiger partial charge in [-0.05, 0) is 51.3 Å². The van der Waals surface area contributed by atoms with E-state index in [0.717, 1.165) is 37.1 Å². The van der Waals surface area contributed by atoms with Crippen molar-refractivity contribution in [2.75, 3.05) is 18.4 Å². The number of pyridine rings is 1. The van der Waals surface area contributed by atoms with E-state index in [1.807, 2.05) is 72.8 Å². The zero-order valence-corrected chi connectivity index (χ0v) is 20.3. The van der Waals surface area contributed by atoms with E-state index in [1.54, 1.807) is 18.3 Å². The van der Waals surface area contributed by atoms with Crippen LogP contribution in [0.15, 0.2) is 60.8 Å². The van der Waals surface area contributed by atoms with E-state index in [9.17, 15) is 9.59 Å². The maximum atomic E-state index is 13.7. The first kappa shape index (κ1) is 22.8. The summed E-state index contributed by atoms with van der Waals surface area (Å²) in [5.74, 6) is -0.327. The molecule has 2 amide bonds. The largest absolute Gasteiger partial charge is 0.339 e. The predicted molar refractivity (Wildman–Crippen MR) is 138 cm³/mol. The number of carbonyl (C=O) groups excluding carboxylic acids is 2. The van der Waals surface area contributed by atoms with Gasteiger partial charge in [-0.3, -0.25) is 9.59 Å². The molecule has 1 aliphatic rings. The van der Waals surface area contributed by atoms with Crippen molar-refractivity contribution in [3.63, 3.8) is 0 Å². The average molecular weight is 468 g/mol. The lowest BCUT2D eigenvalue weighted by Gasteiger charge is -2.20. The third-order valence-corrected chi connectivity index (χ3v) is 6.50. The predicted octanol–water partition coefficient (Wildman–Crippen LogP) is 5.48. The minimum atomic E-state index is -0.293. The van der Waals surface area contributed by atoms with Crippen molar-refractivity contribution in [3.05, 3.63) is 77.5 Å². The maximum Gasteiger partial charge on any atom is 0.256 e. The molecule has 0 spiro atoms. The monoisotopic (exact) mass is 467 g/mol. The number of nitrogens with one attached hydrogen (secondary N) is 1. The molecule has 1 fully saturated rings. The summed E-state index contributed by atoms with van der Waals surface area (Å²) in [6.07, 6.45) is 3.71. The van der Waals surface area contributed by atoms with Gasteiger partial charge < -0.3 is 10.2 Å². The number of nitrogens with zero attached hydrogens (tertiary/aromatic N) is 4. The topological polar surface area (TPSA) is 80.1 Å². The SMILES string of the molecule is Cc1cccc(NC(=O)c2cc(-c3ccccc3)nc3c2cnn3C(C)C)c1C(=O)N1CCCC1. The number of hydrogen-bond acceptors (Lipinski definition) is 4. The van der Waals surface area contributed by atoms with Gasteiger partial charge in [-0.2, -0.15) is 5.10 Å². The van der Waals surface area contributed by atoms with Gasteiger partial charge in [0.15, 0.2) is 5.65 Å². The average Bonchev–Trinajstić information content (AvgIpc) is 3.54. The molecule has 1 saturated heterocycles. The summed E-state index contributed by atoms with van der Waals surface area (Å²) >= 11 is 0. The van der Waals surface area contributed by atoms with Crippen LogP contribution in [0.25, 0.3) is 22.3 Å². The fourth-order valence-electron chi connectivity index (χ4n) is 4.66. The number of hydrogen-bond donors (Lipinski definition) is 1. The molecule has 0 bridgehead atoms. The zero-order chi connectivity index (χ0) is 24.5. The second kappa shape index (κ2) is 9.33. The van der Waals surface area contributed by atoms with Crippen molar-refractivity contribution in [1.29, 1.82) is 0 Å². The number of benzene rings is 2. The number of rotatable bonds is 5. The molecule has 0 unspecified atom stereocenters. The van der Waals surface area contributed by atoms with Crippen LogP contribution in [0.4, 0.5) is 5.69 Å². The third-order valence-electron chi connectivity index (χ3n) is 6.50. The first-order valence-corrected chi connectivity index (χ1v) is 12.1. The van der Waals surface area contributed by atoms with Crippen LogP contribution in [0.3, 0.4) is 0 Å². The summed E-state index contributed by atoms with van der Waals surface area (Å²) in [6.45, 7) is 7.47. The molecule has 1 aliphatic heterocycles. The zero-order valence-electron chi connectivity index (χ0n) is 20.3. The lowest BCUT2D eigenvalue weighted by atomic mass is 10.0. The maximum absolute atomic E-state index is 13.7.